The molecule has 1 heterocycles. The maximum absolute atomic E-state index is 11.7. The number of nitrogens with zero attached hydrogens (tertiary/aromatic N) is 1. The number of para-hydroxylation sites is 1. The Balaban J connectivity index is 1.92. The number of pyridine rings is 1. The van der Waals surface area contributed by atoms with Gasteiger partial charge >= 0.3 is 5.97 Å². The van der Waals surface area contributed by atoms with Crippen LogP contribution in [0.2, 0.25) is 0 Å². The van der Waals surface area contributed by atoms with E-state index in [1.807, 2.05) is 36.4 Å². The Kier molecular flexibility index (Phi) is 3.30. The van der Waals surface area contributed by atoms with Crippen LogP contribution in [0.1, 0.15) is 32.1 Å². The summed E-state index contributed by atoms with van der Waals surface area (Å²) in [5.74, 6) is -0.125. The Morgan fingerprint density at radius 3 is 2.60 bits per heavy atom. The number of aromatic nitrogens is 1. The largest absolute Gasteiger partial charge is 0.480 e. The molecule has 0 unspecified atom stereocenters. The van der Waals surface area contributed by atoms with Gasteiger partial charge in [-0.25, -0.2) is 9.78 Å². The highest BCUT2D eigenvalue weighted by Crippen LogP contribution is 2.32. The first kappa shape index (κ1) is 12.9. The molecule has 1 aliphatic rings. The third-order valence-corrected chi connectivity index (χ3v) is 4.08. The van der Waals surface area contributed by atoms with Crippen molar-refractivity contribution >= 4 is 22.7 Å². The second-order valence-electron chi connectivity index (χ2n) is 5.46. The summed E-state index contributed by atoms with van der Waals surface area (Å²) >= 11 is 0. The summed E-state index contributed by atoms with van der Waals surface area (Å²) in [6.07, 6.45) is 4.34. The lowest BCUT2D eigenvalue weighted by Gasteiger charge is -2.34. The normalized spacial score (nSPS) is 17.8. The summed E-state index contributed by atoms with van der Waals surface area (Å²) in [4.78, 5) is 16.2. The molecule has 4 nitrogen and oxygen atoms in total. The standard InChI is InChI=1S/C16H18N2O2/c19-15(20)16(10-4-1-5-11-16)18-14-9-8-12-6-2-3-7-13(12)17-14/h2-3,6-9H,1,4-5,10-11H2,(H,17,18)(H,19,20). The monoisotopic (exact) mass is 270 g/mol. The van der Waals surface area contributed by atoms with Gasteiger partial charge in [0.1, 0.15) is 11.4 Å². The van der Waals surface area contributed by atoms with Crippen molar-refractivity contribution < 1.29 is 9.90 Å². The van der Waals surface area contributed by atoms with Gasteiger partial charge in [-0.15, -0.1) is 0 Å². The molecule has 3 rings (SSSR count). The molecule has 0 aliphatic heterocycles. The Hall–Kier alpha value is -2.10. The lowest BCUT2D eigenvalue weighted by molar-refractivity contribution is -0.143. The van der Waals surface area contributed by atoms with Gasteiger partial charge in [-0.3, -0.25) is 0 Å². The molecule has 1 aromatic heterocycles. The first-order chi connectivity index (χ1) is 9.70. The van der Waals surface area contributed by atoms with Gasteiger partial charge in [-0.2, -0.15) is 0 Å². The molecule has 1 aliphatic carbocycles. The molecule has 0 amide bonds. The quantitative estimate of drug-likeness (QED) is 0.897. The van der Waals surface area contributed by atoms with Crippen molar-refractivity contribution in [1.82, 2.24) is 4.98 Å². The van der Waals surface area contributed by atoms with Gasteiger partial charge in [0.25, 0.3) is 0 Å². The lowest BCUT2D eigenvalue weighted by atomic mass is 9.81. The van der Waals surface area contributed by atoms with E-state index in [2.05, 4.69) is 10.3 Å². The Morgan fingerprint density at radius 1 is 1.10 bits per heavy atom. The van der Waals surface area contributed by atoms with E-state index in [4.69, 9.17) is 0 Å². The van der Waals surface area contributed by atoms with E-state index >= 15 is 0 Å². The van der Waals surface area contributed by atoms with Crippen molar-refractivity contribution in [1.29, 1.82) is 0 Å². The summed E-state index contributed by atoms with van der Waals surface area (Å²) in [5, 5.41) is 13.8. The van der Waals surface area contributed by atoms with Gasteiger partial charge in [0.05, 0.1) is 5.52 Å². The Bertz CT molecular complexity index is 633. The first-order valence-corrected chi connectivity index (χ1v) is 7.07. The summed E-state index contributed by atoms with van der Waals surface area (Å²) in [6, 6.07) is 11.7. The predicted octanol–water partition coefficient (Wildman–Crippen LogP) is 3.43. The molecule has 0 bridgehead atoms. The number of anilines is 1. The van der Waals surface area contributed by atoms with Crippen LogP contribution in [-0.4, -0.2) is 21.6 Å². The summed E-state index contributed by atoms with van der Waals surface area (Å²) in [6.45, 7) is 0. The fraction of sp³-hybridized carbons (Fsp3) is 0.375. The SMILES string of the molecule is O=C(O)C1(Nc2ccc3ccccc3n2)CCCCC1. The minimum atomic E-state index is -0.853. The van der Waals surface area contributed by atoms with E-state index in [0.29, 0.717) is 18.7 Å². The van der Waals surface area contributed by atoms with E-state index in [1.165, 1.54) is 0 Å². The smallest absolute Gasteiger partial charge is 0.329 e. The summed E-state index contributed by atoms with van der Waals surface area (Å²) < 4.78 is 0. The fourth-order valence-electron chi connectivity index (χ4n) is 2.93. The lowest BCUT2D eigenvalue weighted by Crippen LogP contribution is -2.48. The van der Waals surface area contributed by atoms with Crippen molar-refractivity contribution in [3.63, 3.8) is 0 Å². The minimum absolute atomic E-state index is 0.646. The average molecular weight is 270 g/mol. The summed E-state index contributed by atoms with van der Waals surface area (Å²) in [7, 11) is 0. The highest BCUT2D eigenvalue weighted by Gasteiger charge is 2.39. The molecular weight excluding hydrogens is 252 g/mol. The van der Waals surface area contributed by atoms with Crippen LogP contribution in [0.3, 0.4) is 0 Å². The minimum Gasteiger partial charge on any atom is -0.480 e. The number of nitrogens with one attached hydrogen (secondary N) is 1. The second kappa shape index (κ2) is 5.12. The summed E-state index contributed by atoms with van der Waals surface area (Å²) in [5.41, 5.74) is 0.0297. The predicted molar refractivity (Wildman–Crippen MR) is 78.8 cm³/mol. The maximum atomic E-state index is 11.7. The molecule has 0 atom stereocenters. The zero-order valence-electron chi connectivity index (χ0n) is 11.3. The van der Waals surface area contributed by atoms with E-state index < -0.39 is 11.5 Å². The number of carbonyl (C=O) groups is 1. The van der Waals surface area contributed by atoms with Crippen molar-refractivity contribution in [2.24, 2.45) is 0 Å². The average Bonchev–Trinajstić information content (AvgIpc) is 2.48. The highest BCUT2D eigenvalue weighted by atomic mass is 16.4. The van der Waals surface area contributed by atoms with E-state index in [9.17, 15) is 9.90 Å². The molecule has 2 aromatic rings. The third kappa shape index (κ3) is 2.33. The number of carboxylic acids is 1. The topological polar surface area (TPSA) is 62.2 Å². The van der Waals surface area contributed by atoms with E-state index in [-0.39, 0.29) is 0 Å². The van der Waals surface area contributed by atoms with Gasteiger partial charge in [-0.1, -0.05) is 37.5 Å². The van der Waals surface area contributed by atoms with Gasteiger partial charge in [0.15, 0.2) is 0 Å². The number of fused-ring (bicyclic) bond motifs is 1. The van der Waals surface area contributed by atoms with Crippen molar-refractivity contribution in [3.8, 4) is 0 Å². The Labute approximate surface area is 117 Å². The van der Waals surface area contributed by atoms with Crippen LogP contribution in [0, 0.1) is 0 Å². The van der Waals surface area contributed by atoms with Crippen LogP contribution in [0.4, 0.5) is 5.82 Å². The van der Waals surface area contributed by atoms with Crippen molar-refractivity contribution in [3.05, 3.63) is 36.4 Å². The van der Waals surface area contributed by atoms with Crippen LogP contribution >= 0.6 is 0 Å². The van der Waals surface area contributed by atoms with Gasteiger partial charge in [0.2, 0.25) is 0 Å². The molecule has 4 heteroatoms. The first-order valence-electron chi connectivity index (χ1n) is 7.07. The van der Waals surface area contributed by atoms with E-state index in [1.54, 1.807) is 0 Å². The number of aliphatic carboxylic acids is 1. The molecule has 1 aromatic carbocycles. The molecule has 20 heavy (non-hydrogen) atoms. The molecule has 0 spiro atoms. The van der Waals surface area contributed by atoms with E-state index in [0.717, 1.165) is 30.2 Å². The zero-order chi connectivity index (χ0) is 14.0. The van der Waals surface area contributed by atoms with Gasteiger partial charge in [0, 0.05) is 5.39 Å². The van der Waals surface area contributed by atoms with Crippen molar-refractivity contribution in [2.75, 3.05) is 5.32 Å². The molecule has 2 N–H and O–H groups in total. The molecular formula is C16H18N2O2. The van der Waals surface area contributed by atoms with Crippen LogP contribution < -0.4 is 5.32 Å². The van der Waals surface area contributed by atoms with Gasteiger partial charge < -0.3 is 10.4 Å². The van der Waals surface area contributed by atoms with Crippen LogP contribution in [0.15, 0.2) is 36.4 Å². The maximum Gasteiger partial charge on any atom is 0.329 e. The number of carboxylic acid groups (broad SMARTS) is 1. The molecule has 0 saturated heterocycles. The molecule has 0 radical (unpaired) electrons. The molecule has 104 valence electrons. The van der Waals surface area contributed by atoms with Crippen LogP contribution in [-0.2, 0) is 4.79 Å². The van der Waals surface area contributed by atoms with Crippen LogP contribution in [0.5, 0.6) is 0 Å². The number of hydrogen-bond donors (Lipinski definition) is 2. The van der Waals surface area contributed by atoms with Gasteiger partial charge in [-0.05, 0) is 31.0 Å². The zero-order valence-corrected chi connectivity index (χ0v) is 11.3. The number of hydrogen-bond acceptors (Lipinski definition) is 3. The molecule has 1 saturated carbocycles. The van der Waals surface area contributed by atoms with Crippen molar-refractivity contribution in [2.45, 2.75) is 37.6 Å². The van der Waals surface area contributed by atoms with Crippen LogP contribution in [0.25, 0.3) is 10.9 Å². The molecule has 1 fully saturated rings. The number of rotatable bonds is 3. The number of benzene rings is 1. The fourth-order valence-corrected chi connectivity index (χ4v) is 2.93. The highest BCUT2D eigenvalue weighted by molar-refractivity contribution is 5.84. The second-order valence-corrected chi connectivity index (χ2v) is 5.46. The third-order valence-electron chi connectivity index (χ3n) is 4.08. The Morgan fingerprint density at radius 2 is 1.85 bits per heavy atom.